The molecule has 0 fully saturated rings. The highest BCUT2D eigenvalue weighted by atomic mass is 32.2. The molecule has 8 nitrogen and oxygen atoms in total. The number of non-ortho nitro benzene ring substituents is 1. The molecule has 0 aromatic heterocycles. The van der Waals surface area contributed by atoms with Gasteiger partial charge >= 0.3 is 0 Å². The van der Waals surface area contributed by atoms with Gasteiger partial charge in [0.2, 0.25) is 0 Å². The van der Waals surface area contributed by atoms with Crippen molar-refractivity contribution in [3.8, 4) is 0 Å². The van der Waals surface area contributed by atoms with Crippen LogP contribution in [0, 0.1) is 10.1 Å². The second-order valence-corrected chi connectivity index (χ2v) is 7.54. The maximum Gasteiger partial charge on any atom is 0.269 e. The Balaban J connectivity index is 2.05. The van der Waals surface area contributed by atoms with Crippen molar-refractivity contribution in [1.29, 1.82) is 0 Å². The van der Waals surface area contributed by atoms with E-state index >= 15 is 0 Å². The largest absolute Gasteiger partial charge is 0.339 e. The minimum Gasteiger partial charge on any atom is -0.339 e. The van der Waals surface area contributed by atoms with Crippen LogP contribution in [0.4, 0.5) is 5.69 Å². The van der Waals surface area contributed by atoms with E-state index in [1.54, 1.807) is 6.92 Å². The number of nitrogens with zero attached hydrogens (tertiary/aromatic N) is 2. The minimum absolute atomic E-state index is 0.108. The summed E-state index contributed by atoms with van der Waals surface area (Å²) in [6.45, 7) is 3.73. The third-order valence-electron chi connectivity index (χ3n) is 4.23. The molecule has 0 spiro atoms. The molecule has 0 unspecified atom stereocenters. The van der Waals surface area contributed by atoms with Crippen LogP contribution in [0.25, 0.3) is 0 Å². The van der Waals surface area contributed by atoms with Gasteiger partial charge in [0, 0.05) is 34.9 Å². The van der Waals surface area contributed by atoms with Crippen LogP contribution >= 0.6 is 11.8 Å². The van der Waals surface area contributed by atoms with E-state index in [0.29, 0.717) is 17.9 Å². The van der Waals surface area contributed by atoms with Gasteiger partial charge in [0.05, 0.1) is 4.92 Å². The SMILES string of the molecule is CC/C(C)=N\NC(=O)[C@@H](CSCc1ccccc1)NC(=O)c1ccc([N+](=O)[O-])cc1. The predicted molar refractivity (Wildman–Crippen MR) is 118 cm³/mol. The van der Waals surface area contributed by atoms with E-state index in [4.69, 9.17) is 0 Å². The number of benzene rings is 2. The van der Waals surface area contributed by atoms with Gasteiger partial charge in [-0.1, -0.05) is 37.3 Å². The lowest BCUT2D eigenvalue weighted by atomic mass is 10.2. The first-order valence-electron chi connectivity index (χ1n) is 9.40. The molecule has 9 heteroatoms. The van der Waals surface area contributed by atoms with Crippen molar-refractivity contribution in [3.05, 3.63) is 75.8 Å². The van der Waals surface area contributed by atoms with Crippen LogP contribution in [-0.2, 0) is 10.5 Å². The van der Waals surface area contributed by atoms with Crippen molar-refractivity contribution in [2.45, 2.75) is 32.1 Å². The van der Waals surface area contributed by atoms with Crippen molar-refractivity contribution < 1.29 is 14.5 Å². The highest BCUT2D eigenvalue weighted by Gasteiger charge is 2.22. The number of nitro benzene ring substituents is 1. The number of hydrogen-bond donors (Lipinski definition) is 2. The first kappa shape index (κ1) is 23.1. The summed E-state index contributed by atoms with van der Waals surface area (Å²) in [6, 6.07) is 14.2. The average molecular weight is 429 g/mol. The number of hydrazone groups is 1. The summed E-state index contributed by atoms with van der Waals surface area (Å²) in [5, 5.41) is 17.5. The number of hydrogen-bond acceptors (Lipinski definition) is 6. The van der Waals surface area contributed by atoms with Crippen LogP contribution in [0.2, 0.25) is 0 Å². The van der Waals surface area contributed by atoms with E-state index in [0.717, 1.165) is 11.3 Å². The van der Waals surface area contributed by atoms with Gasteiger partial charge in [-0.05, 0) is 31.0 Å². The topological polar surface area (TPSA) is 114 Å². The van der Waals surface area contributed by atoms with Crippen molar-refractivity contribution in [2.75, 3.05) is 5.75 Å². The third kappa shape index (κ3) is 7.32. The van der Waals surface area contributed by atoms with E-state index in [1.165, 1.54) is 36.0 Å². The third-order valence-corrected chi connectivity index (χ3v) is 5.33. The van der Waals surface area contributed by atoms with E-state index < -0.39 is 22.8 Å². The van der Waals surface area contributed by atoms with Crippen molar-refractivity contribution in [2.24, 2.45) is 5.10 Å². The molecular formula is C21H24N4O4S. The summed E-state index contributed by atoms with van der Waals surface area (Å²) in [6.07, 6.45) is 0.697. The lowest BCUT2D eigenvalue weighted by Crippen LogP contribution is -2.47. The smallest absolute Gasteiger partial charge is 0.269 e. The molecule has 0 aliphatic rings. The average Bonchev–Trinajstić information content (AvgIpc) is 2.77. The summed E-state index contributed by atoms with van der Waals surface area (Å²) in [5.74, 6) is 0.135. The Morgan fingerprint density at radius 2 is 1.80 bits per heavy atom. The molecule has 0 saturated heterocycles. The number of carbonyl (C=O) groups is 2. The molecule has 2 amide bonds. The molecular weight excluding hydrogens is 404 g/mol. The fraction of sp³-hybridized carbons (Fsp3) is 0.286. The van der Waals surface area contributed by atoms with E-state index in [2.05, 4.69) is 15.8 Å². The predicted octanol–water partition coefficient (Wildman–Crippen LogP) is 3.53. The van der Waals surface area contributed by atoms with E-state index in [1.807, 2.05) is 37.3 Å². The Hall–Kier alpha value is -3.20. The van der Waals surface area contributed by atoms with Gasteiger partial charge in [0.1, 0.15) is 6.04 Å². The molecule has 0 heterocycles. The molecule has 158 valence electrons. The zero-order valence-corrected chi connectivity index (χ0v) is 17.6. The van der Waals surface area contributed by atoms with Crippen LogP contribution in [0.5, 0.6) is 0 Å². The number of nitro groups is 1. The standard InChI is InChI=1S/C21H24N4O4S/c1-3-15(2)23-24-21(27)19(14-30-13-16-7-5-4-6-8-16)22-20(26)17-9-11-18(12-10-17)25(28)29/h4-12,19H,3,13-14H2,1-2H3,(H,22,26)(H,24,27)/b23-15-/t19-/m1/s1. The van der Waals surface area contributed by atoms with Gasteiger partial charge < -0.3 is 5.32 Å². The van der Waals surface area contributed by atoms with Crippen LogP contribution in [0.1, 0.15) is 36.2 Å². The Kier molecular flexibility index (Phi) is 9.02. The summed E-state index contributed by atoms with van der Waals surface area (Å²) >= 11 is 1.51. The van der Waals surface area contributed by atoms with Crippen LogP contribution in [0.3, 0.4) is 0 Å². The zero-order valence-electron chi connectivity index (χ0n) is 16.8. The first-order chi connectivity index (χ1) is 14.4. The lowest BCUT2D eigenvalue weighted by molar-refractivity contribution is -0.384. The molecule has 30 heavy (non-hydrogen) atoms. The van der Waals surface area contributed by atoms with Crippen LogP contribution in [-0.4, -0.2) is 34.2 Å². The molecule has 0 saturated carbocycles. The summed E-state index contributed by atoms with van der Waals surface area (Å²) < 4.78 is 0. The molecule has 0 aliphatic carbocycles. The van der Waals surface area contributed by atoms with Crippen LogP contribution in [0.15, 0.2) is 59.7 Å². The van der Waals surface area contributed by atoms with E-state index in [9.17, 15) is 19.7 Å². The van der Waals surface area contributed by atoms with Gasteiger partial charge in [-0.2, -0.15) is 16.9 Å². The second-order valence-electron chi connectivity index (χ2n) is 6.51. The fourth-order valence-corrected chi connectivity index (χ4v) is 3.35. The summed E-state index contributed by atoms with van der Waals surface area (Å²) in [7, 11) is 0. The molecule has 2 aromatic rings. The van der Waals surface area contributed by atoms with Gasteiger partial charge in [-0.3, -0.25) is 19.7 Å². The van der Waals surface area contributed by atoms with E-state index in [-0.39, 0.29) is 11.3 Å². The molecule has 1 atom stereocenters. The highest BCUT2D eigenvalue weighted by molar-refractivity contribution is 7.98. The van der Waals surface area contributed by atoms with Gasteiger partial charge in [-0.15, -0.1) is 0 Å². The number of carbonyl (C=O) groups excluding carboxylic acids is 2. The normalized spacial score (nSPS) is 12.1. The van der Waals surface area contributed by atoms with Crippen molar-refractivity contribution in [3.63, 3.8) is 0 Å². The van der Waals surface area contributed by atoms with Gasteiger partial charge in [0.15, 0.2) is 0 Å². The van der Waals surface area contributed by atoms with Gasteiger partial charge in [-0.25, -0.2) is 5.43 Å². The number of amides is 2. The Morgan fingerprint density at radius 1 is 1.13 bits per heavy atom. The second kappa shape index (κ2) is 11.7. The molecule has 2 rings (SSSR count). The lowest BCUT2D eigenvalue weighted by Gasteiger charge is -2.17. The van der Waals surface area contributed by atoms with Crippen molar-refractivity contribution >= 4 is 35.0 Å². The number of thioether (sulfide) groups is 1. The van der Waals surface area contributed by atoms with Crippen molar-refractivity contribution in [1.82, 2.24) is 10.7 Å². The summed E-state index contributed by atoms with van der Waals surface area (Å²) in [4.78, 5) is 35.4. The van der Waals surface area contributed by atoms with Gasteiger partial charge in [0.25, 0.3) is 17.5 Å². The number of nitrogens with one attached hydrogen (secondary N) is 2. The molecule has 0 aliphatic heterocycles. The maximum absolute atomic E-state index is 12.6. The number of rotatable bonds is 10. The molecule has 2 aromatic carbocycles. The molecule has 2 N–H and O–H groups in total. The minimum atomic E-state index is -0.810. The summed E-state index contributed by atoms with van der Waals surface area (Å²) in [5.41, 5.74) is 4.50. The Morgan fingerprint density at radius 3 is 2.40 bits per heavy atom. The first-order valence-corrected chi connectivity index (χ1v) is 10.6. The monoisotopic (exact) mass is 428 g/mol. The zero-order chi connectivity index (χ0) is 21.9. The maximum atomic E-state index is 12.6. The molecule has 0 radical (unpaired) electrons. The van der Waals surface area contributed by atoms with Crippen LogP contribution < -0.4 is 10.7 Å². The Labute approximate surface area is 179 Å². The Bertz CT molecular complexity index is 901. The fourth-order valence-electron chi connectivity index (χ4n) is 2.34. The quantitative estimate of drug-likeness (QED) is 0.341. The molecule has 0 bridgehead atoms. The highest BCUT2D eigenvalue weighted by Crippen LogP contribution is 2.15.